The molecule has 1 fully saturated rings. The summed E-state index contributed by atoms with van der Waals surface area (Å²) in [4.78, 5) is 12.1. The van der Waals surface area contributed by atoms with Crippen molar-refractivity contribution in [2.45, 2.75) is 32.2 Å². The normalized spacial score (nSPS) is 17.1. The van der Waals surface area contributed by atoms with E-state index in [0.29, 0.717) is 48.0 Å². The highest BCUT2D eigenvalue weighted by atomic mass is 35.5. The van der Waals surface area contributed by atoms with Crippen molar-refractivity contribution in [3.05, 3.63) is 39.9 Å². The second kappa shape index (κ2) is 9.03. The molecule has 1 saturated heterocycles. The Kier molecular flexibility index (Phi) is 7.31. The SMILES string of the molecule is CCCS(=O)(=O)N1CCC(NC(=O)C=Cc2cc(Cl)ccc2Cl)CC1. The molecule has 1 heterocycles. The summed E-state index contributed by atoms with van der Waals surface area (Å²) in [6.07, 6.45) is 4.86. The number of sulfonamides is 1. The van der Waals surface area contributed by atoms with Gasteiger partial charge in [0.05, 0.1) is 5.75 Å². The van der Waals surface area contributed by atoms with E-state index in [1.165, 1.54) is 10.4 Å². The largest absolute Gasteiger partial charge is 0.350 e. The first-order valence-electron chi connectivity index (χ1n) is 8.23. The van der Waals surface area contributed by atoms with Crippen LogP contribution in [0.2, 0.25) is 10.0 Å². The molecule has 0 aromatic heterocycles. The van der Waals surface area contributed by atoms with E-state index >= 15 is 0 Å². The fraction of sp³-hybridized carbons (Fsp3) is 0.471. The molecule has 25 heavy (non-hydrogen) atoms. The van der Waals surface area contributed by atoms with Crippen LogP contribution >= 0.6 is 23.2 Å². The molecule has 0 atom stereocenters. The third kappa shape index (κ3) is 5.99. The molecule has 2 rings (SSSR count). The molecule has 0 saturated carbocycles. The molecule has 1 aliphatic rings. The van der Waals surface area contributed by atoms with Gasteiger partial charge >= 0.3 is 0 Å². The number of piperidine rings is 1. The van der Waals surface area contributed by atoms with Crippen LogP contribution in [0.1, 0.15) is 31.7 Å². The molecule has 0 bridgehead atoms. The third-order valence-electron chi connectivity index (χ3n) is 4.03. The maximum absolute atomic E-state index is 12.1. The molecule has 138 valence electrons. The van der Waals surface area contributed by atoms with Crippen LogP contribution in [0.4, 0.5) is 0 Å². The number of hydrogen-bond acceptors (Lipinski definition) is 3. The Morgan fingerprint density at radius 3 is 2.64 bits per heavy atom. The topological polar surface area (TPSA) is 66.5 Å². The Balaban J connectivity index is 1.86. The van der Waals surface area contributed by atoms with Crippen LogP contribution in [-0.2, 0) is 14.8 Å². The number of amides is 1. The molecular weight excluding hydrogens is 383 g/mol. The van der Waals surface area contributed by atoms with E-state index in [9.17, 15) is 13.2 Å². The van der Waals surface area contributed by atoms with Gasteiger partial charge in [-0.15, -0.1) is 0 Å². The molecule has 0 aliphatic carbocycles. The number of nitrogens with zero attached hydrogens (tertiary/aromatic N) is 1. The predicted molar refractivity (Wildman–Crippen MR) is 102 cm³/mol. The number of nitrogens with one attached hydrogen (secondary N) is 1. The minimum absolute atomic E-state index is 0.0277. The standard InChI is InChI=1S/C17H22Cl2N2O3S/c1-2-11-25(23,24)21-9-7-15(8-10-21)20-17(22)6-3-13-12-14(18)4-5-16(13)19/h3-6,12,15H,2,7-11H2,1H3,(H,20,22). The summed E-state index contributed by atoms with van der Waals surface area (Å²) in [5.74, 6) is -0.0569. The van der Waals surface area contributed by atoms with Gasteiger partial charge in [0.15, 0.2) is 0 Å². The molecule has 1 aromatic carbocycles. The van der Waals surface area contributed by atoms with E-state index in [4.69, 9.17) is 23.2 Å². The monoisotopic (exact) mass is 404 g/mol. The maximum atomic E-state index is 12.1. The van der Waals surface area contributed by atoms with Gasteiger partial charge in [0.1, 0.15) is 0 Å². The quantitative estimate of drug-likeness (QED) is 0.739. The van der Waals surface area contributed by atoms with Crippen LogP contribution < -0.4 is 5.32 Å². The second-order valence-corrected chi connectivity index (χ2v) is 8.93. The first kappa shape index (κ1) is 20.2. The Morgan fingerprint density at radius 1 is 1.32 bits per heavy atom. The summed E-state index contributed by atoms with van der Waals surface area (Å²) in [5, 5.41) is 3.97. The summed E-state index contributed by atoms with van der Waals surface area (Å²) < 4.78 is 25.6. The lowest BCUT2D eigenvalue weighted by Gasteiger charge is -2.31. The molecule has 1 amide bonds. The lowest BCUT2D eigenvalue weighted by molar-refractivity contribution is -0.117. The van der Waals surface area contributed by atoms with Crippen molar-refractivity contribution < 1.29 is 13.2 Å². The van der Waals surface area contributed by atoms with Gasteiger partial charge in [-0.25, -0.2) is 12.7 Å². The summed E-state index contributed by atoms with van der Waals surface area (Å²) >= 11 is 12.0. The predicted octanol–water partition coefficient (Wildman–Crippen LogP) is 3.33. The van der Waals surface area contributed by atoms with Gasteiger partial charge in [-0.3, -0.25) is 4.79 Å². The van der Waals surface area contributed by atoms with Crippen LogP contribution in [0.25, 0.3) is 6.08 Å². The molecule has 8 heteroatoms. The van der Waals surface area contributed by atoms with Crippen molar-refractivity contribution in [2.75, 3.05) is 18.8 Å². The van der Waals surface area contributed by atoms with Crippen molar-refractivity contribution in [1.82, 2.24) is 9.62 Å². The number of hydrogen-bond donors (Lipinski definition) is 1. The maximum Gasteiger partial charge on any atom is 0.244 e. The lowest BCUT2D eigenvalue weighted by Crippen LogP contribution is -2.46. The highest BCUT2D eigenvalue weighted by Crippen LogP contribution is 2.21. The first-order valence-corrected chi connectivity index (χ1v) is 10.6. The fourth-order valence-electron chi connectivity index (χ4n) is 2.72. The highest BCUT2D eigenvalue weighted by Gasteiger charge is 2.27. The summed E-state index contributed by atoms with van der Waals surface area (Å²) in [5.41, 5.74) is 0.671. The second-order valence-electron chi connectivity index (χ2n) is 6.00. The molecule has 0 radical (unpaired) electrons. The number of carbonyl (C=O) groups is 1. The molecule has 0 spiro atoms. The van der Waals surface area contributed by atoms with E-state index in [1.807, 2.05) is 6.92 Å². The third-order valence-corrected chi connectivity index (χ3v) is 6.68. The number of halogens is 2. The van der Waals surface area contributed by atoms with Gasteiger partial charge in [-0.2, -0.15) is 0 Å². The van der Waals surface area contributed by atoms with Crippen molar-refractivity contribution >= 4 is 45.2 Å². The molecule has 0 unspecified atom stereocenters. The van der Waals surface area contributed by atoms with Crippen LogP contribution in [0.3, 0.4) is 0 Å². The summed E-state index contributed by atoms with van der Waals surface area (Å²) in [6, 6.07) is 5.01. The smallest absolute Gasteiger partial charge is 0.244 e. The van der Waals surface area contributed by atoms with Crippen molar-refractivity contribution in [2.24, 2.45) is 0 Å². The zero-order valence-corrected chi connectivity index (χ0v) is 16.4. The lowest BCUT2D eigenvalue weighted by atomic mass is 10.1. The first-order chi connectivity index (χ1) is 11.8. The average Bonchev–Trinajstić information content (AvgIpc) is 2.56. The van der Waals surface area contributed by atoms with E-state index in [-0.39, 0.29) is 17.7 Å². The Bertz CT molecular complexity index is 742. The number of rotatable bonds is 6. The van der Waals surface area contributed by atoms with E-state index in [1.54, 1.807) is 24.3 Å². The average molecular weight is 405 g/mol. The fourth-order valence-corrected chi connectivity index (χ4v) is 4.62. The molecule has 1 aliphatic heterocycles. The minimum atomic E-state index is -3.16. The van der Waals surface area contributed by atoms with Crippen LogP contribution in [-0.4, -0.2) is 43.5 Å². The summed E-state index contributed by atoms with van der Waals surface area (Å²) in [7, 11) is -3.16. The van der Waals surface area contributed by atoms with Gasteiger partial charge in [-0.05, 0) is 49.1 Å². The van der Waals surface area contributed by atoms with Crippen molar-refractivity contribution in [3.8, 4) is 0 Å². The van der Waals surface area contributed by atoms with Gasteiger partial charge in [0, 0.05) is 35.3 Å². The zero-order valence-electron chi connectivity index (χ0n) is 14.0. The van der Waals surface area contributed by atoms with E-state index < -0.39 is 10.0 Å². The van der Waals surface area contributed by atoms with Gasteiger partial charge in [-0.1, -0.05) is 30.1 Å². The number of carbonyl (C=O) groups excluding carboxylic acids is 1. The van der Waals surface area contributed by atoms with E-state index in [2.05, 4.69) is 5.32 Å². The molecular formula is C17H22Cl2N2O3S. The summed E-state index contributed by atoms with van der Waals surface area (Å²) in [6.45, 7) is 2.73. The van der Waals surface area contributed by atoms with Crippen molar-refractivity contribution in [1.29, 1.82) is 0 Å². The minimum Gasteiger partial charge on any atom is -0.350 e. The van der Waals surface area contributed by atoms with E-state index in [0.717, 1.165) is 0 Å². The van der Waals surface area contributed by atoms with Crippen LogP contribution in [0.5, 0.6) is 0 Å². The van der Waals surface area contributed by atoms with Gasteiger partial charge in [0.2, 0.25) is 15.9 Å². The van der Waals surface area contributed by atoms with Gasteiger partial charge < -0.3 is 5.32 Å². The van der Waals surface area contributed by atoms with Crippen LogP contribution in [0.15, 0.2) is 24.3 Å². The Hall–Kier alpha value is -1.08. The molecule has 5 nitrogen and oxygen atoms in total. The number of benzene rings is 1. The Labute approximate surface area is 159 Å². The van der Waals surface area contributed by atoms with Crippen LogP contribution in [0, 0.1) is 0 Å². The Morgan fingerprint density at radius 2 is 2.00 bits per heavy atom. The zero-order chi connectivity index (χ0) is 18.4. The molecule has 1 N–H and O–H groups in total. The molecule has 1 aromatic rings. The van der Waals surface area contributed by atoms with Gasteiger partial charge in [0.25, 0.3) is 0 Å². The highest BCUT2D eigenvalue weighted by molar-refractivity contribution is 7.89. The van der Waals surface area contributed by atoms with Crippen molar-refractivity contribution in [3.63, 3.8) is 0 Å².